The van der Waals surface area contributed by atoms with Crippen molar-refractivity contribution in [3.63, 3.8) is 0 Å². The molecule has 1 atom stereocenters. The van der Waals surface area contributed by atoms with Gasteiger partial charge in [0.15, 0.2) is 5.78 Å². The van der Waals surface area contributed by atoms with Crippen molar-refractivity contribution in [3.05, 3.63) is 52.5 Å². The van der Waals surface area contributed by atoms with Crippen molar-refractivity contribution in [2.45, 2.75) is 44.6 Å². The Morgan fingerprint density at radius 3 is 2.59 bits per heavy atom. The van der Waals surface area contributed by atoms with Crippen molar-refractivity contribution in [2.24, 2.45) is 0 Å². The van der Waals surface area contributed by atoms with Crippen molar-refractivity contribution >= 4 is 23.0 Å². The number of ketones is 1. The number of thiophene rings is 1. The van der Waals surface area contributed by atoms with Crippen LogP contribution in [0.3, 0.4) is 0 Å². The van der Waals surface area contributed by atoms with Gasteiger partial charge in [-0.2, -0.15) is 0 Å². The van der Waals surface area contributed by atoms with Gasteiger partial charge in [0.2, 0.25) is 5.91 Å². The predicted molar refractivity (Wildman–Crippen MR) is 108 cm³/mol. The minimum atomic E-state index is -0.0661. The maximum absolute atomic E-state index is 12.3. The smallest absolute Gasteiger partial charge is 0.220 e. The third kappa shape index (κ3) is 5.97. The van der Waals surface area contributed by atoms with Gasteiger partial charge in [0, 0.05) is 42.2 Å². The third-order valence-electron chi connectivity index (χ3n) is 5.01. The Balaban J connectivity index is 1.52. The molecule has 27 heavy (non-hydrogen) atoms. The number of hydrogen-bond acceptors (Lipinski definition) is 5. The molecule has 5 nitrogen and oxygen atoms in total. The second kappa shape index (κ2) is 10.3. The van der Waals surface area contributed by atoms with Gasteiger partial charge < -0.3 is 5.32 Å². The number of amides is 1. The van der Waals surface area contributed by atoms with Gasteiger partial charge >= 0.3 is 0 Å². The van der Waals surface area contributed by atoms with Gasteiger partial charge in [0.05, 0.1) is 6.04 Å². The third-order valence-corrected chi connectivity index (χ3v) is 5.98. The summed E-state index contributed by atoms with van der Waals surface area (Å²) in [5, 5.41) is 5.15. The zero-order valence-corrected chi connectivity index (χ0v) is 16.4. The molecular formula is C21H27N3O2S. The molecule has 0 bridgehead atoms. The van der Waals surface area contributed by atoms with E-state index in [1.54, 1.807) is 35.9 Å². The predicted octanol–water partition coefficient (Wildman–Crippen LogP) is 3.84. The molecule has 1 amide bonds. The molecule has 6 heteroatoms. The number of Topliss-reactive ketones (excluding diaryl/α,β-unsaturated/α-hetero) is 1. The van der Waals surface area contributed by atoms with Gasteiger partial charge in [-0.05, 0) is 49.5 Å². The summed E-state index contributed by atoms with van der Waals surface area (Å²) in [5.41, 5.74) is 0.561. The highest BCUT2D eigenvalue weighted by atomic mass is 32.1. The minimum Gasteiger partial charge on any atom is -0.354 e. The number of nitrogens with zero attached hydrogens (tertiary/aromatic N) is 2. The van der Waals surface area contributed by atoms with Crippen molar-refractivity contribution in [1.29, 1.82) is 0 Å². The van der Waals surface area contributed by atoms with E-state index in [1.807, 2.05) is 0 Å². The molecule has 0 spiro atoms. The van der Waals surface area contributed by atoms with E-state index in [1.165, 1.54) is 30.6 Å². The molecule has 1 aliphatic rings. The van der Waals surface area contributed by atoms with Crippen LogP contribution >= 0.6 is 11.3 Å². The van der Waals surface area contributed by atoms with Gasteiger partial charge in [-0.25, -0.2) is 0 Å². The molecule has 1 aliphatic heterocycles. The van der Waals surface area contributed by atoms with E-state index < -0.39 is 0 Å². The van der Waals surface area contributed by atoms with Gasteiger partial charge in [-0.3, -0.25) is 19.5 Å². The molecule has 0 aromatic carbocycles. The highest BCUT2D eigenvalue weighted by Gasteiger charge is 2.23. The Bertz CT molecular complexity index is 710. The number of hydrogen-bond donors (Lipinski definition) is 1. The number of pyridine rings is 1. The number of aromatic nitrogens is 1. The van der Waals surface area contributed by atoms with E-state index in [0.717, 1.165) is 13.1 Å². The first-order valence-corrected chi connectivity index (χ1v) is 10.6. The largest absolute Gasteiger partial charge is 0.354 e. The maximum atomic E-state index is 12.3. The first-order valence-electron chi connectivity index (χ1n) is 9.71. The number of likely N-dealkylation sites (tertiary alicyclic amines) is 1. The summed E-state index contributed by atoms with van der Waals surface area (Å²) >= 11 is 1.74. The van der Waals surface area contributed by atoms with E-state index in [-0.39, 0.29) is 30.6 Å². The summed E-state index contributed by atoms with van der Waals surface area (Å²) < 4.78 is 0. The molecule has 0 aliphatic carbocycles. The zero-order valence-electron chi connectivity index (χ0n) is 15.6. The standard InChI is InChI=1S/C21H27N3O2S/c25-19(17-7-5-11-22-15-17)9-10-21(26)23-16-18(20-8-6-14-27-20)24-12-3-1-2-4-13-24/h5-8,11,14-15,18H,1-4,9-10,12-13,16H2,(H,23,26). The minimum absolute atomic E-state index is 0.0411. The molecule has 1 unspecified atom stereocenters. The molecule has 2 aromatic rings. The van der Waals surface area contributed by atoms with Crippen LogP contribution < -0.4 is 5.32 Å². The highest BCUT2D eigenvalue weighted by Crippen LogP contribution is 2.27. The number of carbonyl (C=O) groups is 2. The normalized spacial score (nSPS) is 16.4. The van der Waals surface area contributed by atoms with Gasteiger partial charge in [-0.1, -0.05) is 18.9 Å². The first-order chi connectivity index (χ1) is 13.2. The molecule has 1 saturated heterocycles. The van der Waals surface area contributed by atoms with Crippen molar-refractivity contribution in [1.82, 2.24) is 15.2 Å². The summed E-state index contributed by atoms with van der Waals surface area (Å²) in [5.74, 6) is -0.107. The fourth-order valence-electron chi connectivity index (χ4n) is 3.50. The molecule has 1 fully saturated rings. The van der Waals surface area contributed by atoms with E-state index in [0.29, 0.717) is 12.1 Å². The Morgan fingerprint density at radius 2 is 1.93 bits per heavy atom. The molecule has 144 valence electrons. The van der Waals surface area contributed by atoms with Crippen LogP contribution in [0.15, 0.2) is 42.0 Å². The number of rotatable bonds is 8. The Labute approximate surface area is 164 Å². The second-order valence-electron chi connectivity index (χ2n) is 6.95. The molecule has 3 rings (SSSR count). The summed E-state index contributed by atoms with van der Waals surface area (Å²) in [6, 6.07) is 7.91. The van der Waals surface area contributed by atoms with E-state index in [9.17, 15) is 9.59 Å². The molecule has 3 heterocycles. The van der Waals surface area contributed by atoms with Crippen LogP contribution in [-0.2, 0) is 4.79 Å². The van der Waals surface area contributed by atoms with Gasteiger partial charge in [0.25, 0.3) is 0 Å². The van der Waals surface area contributed by atoms with Crippen molar-refractivity contribution in [2.75, 3.05) is 19.6 Å². The van der Waals surface area contributed by atoms with Crippen LogP contribution in [0, 0.1) is 0 Å². The topological polar surface area (TPSA) is 62.3 Å². The molecule has 0 radical (unpaired) electrons. The van der Waals surface area contributed by atoms with Crippen molar-refractivity contribution in [3.8, 4) is 0 Å². The Morgan fingerprint density at radius 1 is 1.11 bits per heavy atom. The zero-order chi connectivity index (χ0) is 18.9. The van der Waals surface area contributed by atoms with Gasteiger partial charge in [-0.15, -0.1) is 11.3 Å². The lowest BCUT2D eigenvalue weighted by Crippen LogP contribution is -2.38. The van der Waals surface area contributed by atoms with E-state index in [2.05, 4.69) is 32.7 Å². The first kappa shape index (κ1) is 19.7. The van der Waals surface area contributed by atoms with Crippen LogP contribution in [0.4, 0.5) is 0 Å². The Kier molecular flexibility index (Phi) is 7.54. The van der Waals surface area contributed by atoms with E-state index in [4.69, 9.17) is 0 Å². The summed E-state index contributed by atoms with van der Waals surface area (Å²) in [6.45, 7) is 2.76. The summed E-state index contributed by atoms with van der Waals surface area (Å²) in [7, 11) is 0. The maximum Gasteiger partial charge on any atom is 0.220 e. The Hall–Kier alpha value is -2.05. The van der Waals surface area contributed by atoms with Crippen LogP contribution in [0.2, 0.25) is 0 Å². The molecule has 0 saturated carbocycles. The lowest BCUT2D eigenvalue weighted by Gasteiger charge is -2.30. The van der Waals surface area contributed by atoms with Crippen molar-refractivity contribution < 1.29 is 9.59 Å². The number of carbonyl (C=O) groups excluding carboxylic acids is 2. The van der Waals surface area contributed by atoms with Gasteiger partial charge in [0.1, 0.15) is 0 Å². The molecule has 2 aromatic heterocycles. The quantitative estimate of drug-likeness (QED) is 0.702. The summed E-state index contributed by atoms with van der Waals surface area (Å²) in [4.78, 5) is 32.2. The van der Waals surface area contributed by atoms with Crippen LogP contribution in [0.1, 0.15) is 59.8 Å². The number of nitrogens with one attached hydrogen (secondary N) is 1. The van der Waals surface area contributed by atoms with Crippen LogP contribution in [0.25, 0.3) is 0 Å². The summed E-state index contributed by atoms with van der Waals surface area (Å²) in [6.07, 6.45) is 8.62. The highest BCUT2D eigenvalue weighted by molar-refractivity contribution is 7.10. The average Bonchev–Trinajstić information content (AvgIpc) is 3.10. The lowest BCUT2D eigenvalue weighted by atomic mass is 10.1. The SMILES string of the molecule is O=C(CCC(=O)c1cccnc1)NCC(c1cccs1)N1CCCCCC1. The van der Waals surface area contributed by atoms with Crippen LogP contribution in [-0.4, -0.2) is 41.2 Å². The van der Waals surface area contributed by atoms with E-state index >= 15 is 0 Å². The monoisotopic (exact) mass is 385 g/mol. The fraction of sp³-hybridized carbons (Fsp3) is 0.476. The fourth-order valence-corrected chi connectivity index (χ4v) is 4.36. The molecule has 1 N–H and O–H groups in total. The molecular weight excluding hydrogens is 358 g/mol. The second-order valence-corrected chi connectivity index (χ2v) is 7.93. The van der Waals surface area contributed by atoms with Crippen LogP contribution in [0.5, 0.6) is 0 Å². The lowest BCUT2D eigenvalue weighted by molar-refractivity contribution is -0.121. The average molecular weight is 386 g/mol.